The third kappa shape index (κ3) is 3.50. The van der Waals surface area contributed by atoms with Crippen LogP contribution in [-0.2, 0) is 10.0 Å². The molecule has 2 heterocycles. The number of carbonyl (C=O) groups excluding carboxylic acids is 1. The van der Waals surface area contributed by atoms with E-state index in [9.17, 15) is 18.0 Å². The molecule has 3 rings (SSSR count). The summed E-state index contributed by atoms with van der Waals surface area (Å²) in [6.45, 7) is 2.57. The predicted molar refractivity (Wildman–Crippen MR) is 98.4 cm³/mol. The number of aryl methyl sites for hydroxylation is 1. The highest BCUT2D eigenvalue weighted by Gasteiger charge is 2.31. The van der Waals surface area contributed by atoms with Gasteiger partial charge < -0.3 is 10.4 Å². The number of benzene rings is 1. The van der Waals surface area contributed by atoms with E-state index in [2.05, 4.69) is 5.32 Å². The van der Waals surface area contributed by atoms with Gasteiger partial charge in [0, 0.05) is 18.8 Å². The molecule has 0 atom stereocenters. The van der Waals surface area contributed by atoms with Crippen LogP contribution in [0, 0.1) is 6.92 Å². The van der Waals surface area contributed by atoms with Crippen molar-refractivity contribution in [3.8, 4) is 0 Å². The monoisotopic (exact) mass is 394 g/mol. The van der Waals surface area contributed by atoms with E-state index in [0.29, 0.717) is 24.3 Å². The Bertz CT molecular complexity index is 959. The van der Waals surface area contributed by atoms with E-state index in [1.54, 1.807) is 18.4 Å². The van der Waals surface area contributed by atoms with Crippen LogP contribution in [0.5, 0.6) is 0 Å². The smallest absolute Gasteiger partial charge is 0.335 e. The molecule has 1 aromatic carbocycles. The highest BCUT2D eigenvalue weighted by Crippen LogP contribution is 2.28. The zero-order valence-electron chi connectivity index (χ0n) is 14.1. The molecule has 1 fully saturated rings. The van der Waals surface area contributed by atoms with Crippen molar-refractivity contribution in [3.05, 3.63) is 45.6 Å². The number of thiophene rings is 1. The minimum atomic E-state index is -3.68. The maximum Gasteiger partial charge on any atom is 0.335 e. The number of sulfonamides is 1. The molecule has 1 saturated heterocycles. The molecule has 0 unspecified atom stereocenters. The van der Waals surface area contributed by atoms with Crippen LogP contribution in [-0.4, -0.2) is 42.8 Å². The number of anilines is 1. The Hall–Kier alpha value is -2.23. The Morgan fingerprint density at radius 2 is 1.88 bits per heavy atom. The molecule has 1 aromatic heterocycles. The van der Waals surface area contributed by atoms with Crippen LogP contribution >= 0.6 is 11.3 Å². The van der Waals surface area contributed by atoms with Crippen LogP contribution in [0.3, 0.4) is 0 Å². The molecule has 0 bridgehead atoms. The minimum absolute atomic E-state index is 0.0146. The lowest BCUT2D eigenvalue weighted by Gasteiger charge is -2.15. The van der Waals surface area contributed by atoms with Crippen molar-refractivity contribution < 1.29 is 23.1 Å². The van der Waals surface area contributed by atoms with E-state index in [4.69, 9.17) is 5.11 Å². The number of carboxylic acids is 1. The average Bonchev–Trinajstić information content (AvgIpc) is 3.26. The molecule has 1 aliphatic rings. The first-order chi connectivity index (χ1) is 12.3. The number of nitrogens with zero attached hydrogens (tertiary/aromatic N) is 1. The van der Waals surface area contributed by atoms with E-state index in [1.807, 2.05) is 0 Å². The van der Waals surface area contributed by atoms with Gasteiger partial charge in [-0.1, -0.05) is 0 Å². The standard InChI is InChI=1S/C17H18N2O5S2/c1-11-10-12(4-5-13(11)17(21)22)18-16(20)15-14(6-9-25-15)26(23,24)19-7-2-3-8-19/h4-6,9-10H,2-3,7-8H2,1H3,(H,18,20)(H,21,22). The van der Waals surface area contributed by atoms with Gasteiger partial charge in [0.25, 0.3) is 5.91 Å². The summed E-state index contributed by atoms with van der Waals surface area (Å²) in [6, 6.07) is 5.88. The van der Waals surface area contributed by atoms with Gasteiger partial charge in [0.2, 0.25) is 10.0 Å². The zero-order valence-corrected chi connectivity index (χ0v) is 15.7. The third-order valence-electron chi connectivity index (χ3n) is 4.23. The fourth-order valence-corrected chi connectivity index (χ4v) is 5.72. The van der Waals surface area contributed by atoms with Crippen molar-refractivity contribution in [3.63, 3.8) is 0 Å². The summed E-state index contributed by atoms with van der Waals surface area (Å²) >= 11 is 1.06. The molecule has 0 radical (unpaired) electrons. The summed E-state index contributed by atoms with van der Waals surface area (Å²) in [7, 11) is -3.68. The Balaban J connectivity index is 1.85. The average molecular weight is 394 g/mol. The fourth-order valence-electron chi connectivity index (χ4n) is 2.90. The van der Waals surface area contributed by atoms with E-state index >= 15 is 0 Å². The topological polar surface area (TPSA) is 104 Å². The molecule has 0 aliphatic carbocycles. The van der Waals surface area contributed by atoms with Crippen molar-refractivity contribution in [2.45, 2.75) is 24.7 Å². The fraction of sp³-hybridized carbons (Fsp3) is 0.294. The molecular formula is C17H18N2O5S2. The Labute approximate surface area is 155 Å². The van der Waals surface area contributed by atoms with Gasteiger partial charge in [-0.05, 0) is 55.0 Å². The van der Waals surface area contributed by atoms with Crippen molar-refractivity contribution in [1.82, 2.24) is 4.31 Å². The summed E-state index contributed by atoms with van der Waals surface area (Å²) < 4.78 is 26.9. The SMILES string of the molecule is Cc1cc(NC(=O)c2sccc2S(=O)(=O)N2CCCC2)ccc1C(=O)O. The van der Waals surface area contributed by atoms with E-state index < -0.39 is 21.9 Å². The molecule has 0 saturated carbocycles. The van der Waals surface area contributed by atoms with Gasteiger partial charge in [-0.15, -0.1) is 11.3 Å². The number of nitrogens with one attached hydrogen (secondary N) is 1. The van der Waals surface area contributed by atoms with Crippen LogP contribution in [0.15, 0.2) is 34.5 Å². The predicted octanol–water partition coefficient (Wildman–Crippen LogP) is 2.79. The van der Waals surface area contributed by atoms with Crippen LogP contribution in [0.2, 0.25) is 0 Å². The Morgan fingerprint density at radius 3 is 2.50 bits per heavy atom. The first-order valence-corrected chi connectivity index (χ1v) is 10.4. The van der Waals surface area contributed by atoms with Crippen LogP contribution < -0.4 is 5.32 Å². The third-order valence-corrected chi connectivity index (χ3v) is 7.22. The second-order valence-electron chi connectivity index (χ2n) is 6.01. The molecular weight excluding hydrogens is 376 g/mol. The maximum atomic E-state index is 12.7. The highest BCUT2D eigenvalue weighted by atomic mass is 32.2. The highest BCUT2D eigenvalue weighted by molar-refractivity contribution is 7.89. The number of rotatable bonds is 5. The first kappa shape index (κ1) is 18.6. The van der Waals surface area contributed by atoms with Crippen molar-refractivity contribution >= 4 is 38.9 Å². The van der Waals surface area contributed by atoms with Gasteiger partial charge in [0.1, 0.15) is 9.77 Å². The number of hydrogen-bond donors (Lipinski definition) is 2. The lowest BCUT2D eigenvalue weighted by atomic mass is 10.1. The summed E-state index contributed by atoms with van der Waals surface area (Å²) in [4.78, 5) is 23.8. The first-order valence-electron chi connectivity index (χ1n) is 8.03. The number of amides is 1. The number of hydrogen-bond acceptors (Lipinski definition) is 5. The van der Waals surface area contributed by atoms with Gasteiger partial charge in [-0.2, -0.15) is 4.31 Å². The number of carboxylic acid groups (broad SMARTS) is 1. The normalized spacial score (nSPS) is 15.1. The van der Waals surface area contributed by atoms with Crippen LogP contribution in [0.4, 0.5) is 5.69 Å². The largest absolute Gasteiger partial charge is 0.478 e. The summed E-state index contributed by atoms with van der Waals surface area (Å²) in [5.74, 6) is -1.57. The van der Waals surface area contributed by atoms with Gasteiger partial charge in [0.15, 0.2) is 0 Å². The van der Waals surface area contributed by atoms with Crippen LogP contribution in [0.1, 0.15) is 38.4 Å². The molecule has 0 spiro atoms. The molecule has 7 nitrogen and oxygen atoms in total. The number of carbonyl (C=O) groups is 2. The quantitative estimate of drug-likeness (QED) is 0.812. The Kier molecular flexibility index (Phi) is 5.12. The van der Waals surface area contributed by atoms with Gasteiger partial charge >= 0.3 is 5.97 Å². The lowest BCUT2D eigenvalue weighted by molar-refractivity contribution is 0.0696. The van der Waals surface area contributed by atoms with Crippen molar-refractivity contribution in [1.29, 1.82) is 0 Å². The van der Waals surface area contributed by atoms with Crippen molar-refractivity contribution in [2.75, 3.05) is 18.4 Å². The lowest BCUT2D eigenvalue weighted by Crippen LogP contribution is -2.29. The number of aromatic carboxylic acids is 1. The van der Waals surface area contributed by atoms with E-state index in [0.717, 1.165) is 24.2 Å². The molecule has 2 N–H and O–H groups in total. The molecule has 2 aromatic rings. The van der Waals surface area contributed by atoms with Gasteiger partial charge in [-0.25, -0.2) is 13.2 Å². The van der Waals surface area contributed by atoms with E-state index in [-0.39, 0.29) is 15.3 Å². The Morgan fingerprint density at radius 1 is 1.19 bits per heavy atom. The second kappa shape index (κ2) is 7.18. The summed E-state index contributed by atoms with van der Waals surface area (Å²) in [5.41, 5.74) is 1.07. The molecule has 9 heteroatoms. The zero-order chi connectivity index (χ0) is 18.9. The molecule has 1 amide bonds. The summed E-state index contributed by atoms with van der Waals surface area (Å²) in [6.07, 6.45) is 1.64. The maximum absolute atomic E-state index is 12.7. The summed E-state index contributed by atoms with van der Waals surface area (Å²) in [5, 5.41) is 13.3. The minimum Gasteiger partial charge on any atom is -0.478 e. The molecule has 26 heavy (non-hydrogen) atoms. The van der Waals surface area contributed by atoms with E-state index in [1.165, 1.54) is 22.5 Å². The van der Waals surface area contributed by atoms with Crippen LogP contribution in [0.25, 0.3) is 0 Å². The molecule has 1 aliphatic heterocycles. The van der Waals surface area contributed by atoms with Crippen molar-refractivity contribution in [2.24, 2.45) is 0 Å². The van der Waals surface area contributed by atoms with Gasteiger partial charge in [-0.3, -0.25) is 4.79 Å². The molecule has 138 valence electrons. The van der Waals surface area contributed by atoms with Gasteiger partial charge in [0.05, 0.1) is 5.56 Å². The second-order valence-corrected chi connectivity index (χ2v) is 8.84.